The largest absolute Gasteiger partial charge is 0.478 e. The molecule has 0 heterocycles. The molecule has 0 atom stereocenters. The molecule has 1 aromatic carbocycles. The first-order valence-electron chi connectivity index (χ1n) is 5.12. The highest BCUT2D eigenvalue weighted by atomic mass is 19.1. The van der Waals surface area contributed by atoms with Crippen LogP contribution in [0.2, 0.25) is 0 Å². The molecule has 0 saturated carbocycles. The highest BCUT2D eigenvalue weighted by Crippen LogP contribution is 2.19. The Hall–Kier alpha value is -2.62. The van der Waals surface area contributed by atoms with Gasteiger partial charge < -0.3 is 15.7 Å². The molecule has 1 aromatic rings. The molecule has 100 valence electrons. The summed E-state index contributed by atoms with van der Waals surface area (Å²) in [4.78, 5) is 22.0. The van der Waals surface area contributed by atoms with Crippen molar-refractivity contribution < 1.29 is 23.5 Å². The van der Waals surface area contributed by atoms with Crippen molar-refractivity contribution >= 4 is 17.7 Å². The summed E-state index contributed by atoms with van der Waals surface area (Å²) < 4.78 is 26.4. The summed E-state index contributed by atoms with van der Waals surface area (Å²) in [5.74, 6) is 1.24. The molecule has 0 bridgehead atoms. The Bertz CT molecular complexity index is 576. The maximum absolute atomic E-state index is 13.3. The molecule has 0 saturated heterocycles. The fraction of sp³-hybridized carbons (Fsp3) is 0.167. The number of halogens is 2. The maximum Gasteiger partial charge on any atom is 0.338 e. The lowest BCUT2D eigenvalue weighted by atomic mass is 10.2. The van der Waals surface area contributed by atoms with E-state index < -0.39 is 34.9 Å². The van der Waals surface area contributed by atoms with Crippen molar-refractivity contribution in [2.45, 2.75) is 6.92 Å². The second-order valence-corrected chi connectivity index (χ2v) is 3.35. The van der Waals surface area contributed by atoms with Gasteiger partial charge >= 0.3 is 12.0 Å². The highest BCUT2D eigenvalue weighted by Gasteiger charge is 2.16. The number of carbonyl (C=O) groups is 2. The lowest BCUT2D eigenvalue weighted by Crippen LogP contribution is -2.29. The van der Waals surface area contributed by atoms with Gasteiger partial charge in [-0.05, 0) is 13.0 Å². The number of rotatable bonds is 3. The van der Waals surface area contributed by atoms with Gasteiger partial charge in [-0.2, -0.15) is 0 Å². The van der Waals surface area contributed by atoms with E-state index in [1.807, 2.05) is 0 Å². The number of hydrogen-bond acceptors (Lipinski definition) is 2. The Balaban J connectivity index is 2.88. The van der Waals surface area contributed by atoms with Crippen molar-refractivity contribution in [1.82, 2.24) is 5.32 Å². The van der Waals surface area contributed by atoms with Gasteiger partial charge in [-0.25, -0.2) is 18.4 Å². The minimum Gasteiger partial charge on any atom is -0.478 e. The Morgan fingerprint density at radius 1 is 1.32 bits per heavy atom. The van der Waals surface area contributed by atoms with Crippen LogP contribution in [0.15, 0.2) is 12.1 Å². The zero-order valence-electron chi connectivity index (χ0n) is 9.88. The van der Waals surface area contributed by atoms with Gasteiger partial charge in [0.1, 0.15) is 11.6 Å². The second kappa shape index (κ2) is 6.35. The predicted molar refractivity (Wildman–Crippen MR) is 63.8 cm³/mol. The van der Waals surface area contributed by atoms with E-state index in [-0.39, 0.29) is 6.54 Å². The van der Waals surface area contributed by atoms with Gasteiger partial charge in [0.05, 0.1) is 17.8 Å². The summed E-state index contributed by atoms with van der Waals surface area (Å²) in [5, 5.41) is 13.0. The average Bonchev–Trinajstić information content (AvgIpc) is 2.32. The molecule has 0 aliphatic heterocycles. The van der Waals surface area contributed by atoms with Crippen LogP contribution < -0.4 is 10.6 Å². The third kappa shape index (κ3) is 3.96. The first-order chi connectivity index (χ1) is 8.95. The second-order valence-electron chi connectivity index (χ2n) is 3.35. The summed E-state index contributed by atoms with van der Waals surface area (Å²) in [6.45, 7) is 1.63. The maximum atomic E-state index is 13.3. The topological polar surface area (TPSA) is 78.4 Å². The average molecular weight is 268 g/mol. The van der Waals surface area contributed by atoms with Gasteiger partial charge in [-0.3, -0.25) is 0 Å². The van der Waals surface area contributed by atoms with Crippen molar-refractivity contribution in [3.05, 3.63) is 29.3 Å². The van der Waals surface area contributed by atoms with Crippen LogP contribution in [0.4, 0.5) is 19.3 Å². The van der Waals surface area contributed by atoms with Crippen LogP contribution in [0.3, 0.4) is 0 Å². The Morgan fingerprint density at radius 2 is 2.00 bits per heavy atom. The number of anilines is 1. The lowest BCUT2D eigenvalue weighted by molar-refractivity contribution is 0.0692. The number of carboxylic acid groups (broad SMARTS) is 1. The van der Waals surface area contributed by atoms with Crippen LogP contribution >= 0.6 is 0 Å². The number of aromatic carboxylic acids is 1. The molecule has 0 aromatic heterocycles. The summed E-state index contributed by atoms with van der Waals surface area (Å²) in [6.07, 6.45) is 0. The molecule has 0 spiro atoms. The van der Waals surface area contributed by atoms with E-state index in [1.165, 1.54) is 0 Å². The molecular weight excluding hydrogens is 258 g/mol. The molecule has 1 rings (SSSR count). The lowest BCUT2D eigenvalue weighted by Gasteiger charge is -2.08. The number of carboxylic acids is 1. The van der Waals surface area contributed by atoms with E-state index in [2.05, 4.69) is 22.5 Å². The molecule has 0 unspecified atom stereocenters. The minimum atomic E-state index is -1.56. The molecule has 19 heavy (non-hydrogen) atoms. The third-order valence-corrected chi connectivity index (χ3v) is 2.05. The monoisotopic (exact) mass is 268 g/mol. The van der Waals surface area contributed by atoms with E-state index in [0.29, 0.717) is 12.1 Å². The molecule has 0 radical (unpaired) electrons. The molecule has 0 aliphatic rings. The van der Waals surface area contributed by atoms with E-state index in [1.54, 1.807) is 6.92 Å². The molecule has 0 fully saturated rings. The number of carbonyl (C=O) groups excluding carboxylic acids is 1. The standard InChI is InChI=1S/C12H10F2N2O3/c1-2-3-4-15-12(19)16-10-5-7(11(17)18)8(13)6-9(10)14/h5-6H,4H2,1H3,(H,17,18)(H2,15,16,19). The van der Waals surface area contributed by atoms with Gasteiger partial charge in [-0.1, -0.05) is 5.92 Å². The predicted octanol–water partition coefficient (Wildman–Crippen LogP) is 1.81. The Kier molecular flexibility index (Phi) is 4.83. The summed E-state index contributed by atoms with van der Waals surface area (Å²) in [5.41, 5.74) is -1.16. The van der Waals surface area contributed by atoms with Crippen molar-refractivity contribution in [2.24, 2.45) is 0 Å². The van der Waals surface area contributed by atoms with Gasteiger partial charge in [0.2, 0.25) is 0 Å². The molecule has 5 nitrogen and oxygen atoms in total. The van der Waals surface area contributed by atoms with Crippen LogP contribution in [0.25, 0.3) is 0 Å². The van der Waals surface area contributed by atoms with E-state index in [0.717, 1.165) is 0 Å². The summed E-state index contributed by atoms with van der Waals surface area (Å²) >= 11 is 0. The van der Waals surface area contributed by atoms with Crippen molar-refractivity contribution in [3.8, 4) is 11.8 Å². The van der Waals surface area contributed by atoms with Crippen molar-refractivity contribution in [3.63, 3.8) is 0 Å². The van der Waals surface area contributed by atoms with E-state index in [4.69, 9.17) is 5.11 Å². The Morgan fingerprint density at radius 3 is 2.58 bits per heavy atom. The highest BCUT2D eigenvalue weighted by molar-refractivity contribution is 5.93. The molecule has 0 aliphatic carbocycles. The quantitative estimate of drug-likeness (QED) is 0.731. The molecule has 7 heteroatoms. The first kappa shape index (κ1) is 14.4. The smallest absolute Gasteiger partial charge is 0.338 e. The SMILES string of the molecule is CC#CCNC(=O)Nc1cc(C(=O)O)c(F)cc1F. The van der Waals surface area contributed by atoms with Crippen LogP contribution in [0, 0.1) is 23.5 Å². The van der Waals surface area contributed by atoms with Crippen LogP contribution in [0.1, 0.15) is 17.3 Å². The third-order valence-electron chi connectivity index (χ3n) is 2.05. The fourth-order valence-corrected chi connectivity index (χ4v) is 1.19. The van der Waals surface area contributed by atoms with Crippen LogP contribution in [0.5, 0.6) is 0 Å². The summed E-state index contributed by atoms with van der Waals surface area (Å²) in [7, 11) is 0. The minimum absolute atomic E-state index is 0.0525. The number of urea groups is 1. The zero-order chi connectivity index (χ0) is 14.4. The molecular formula is C12H10F2N2O3. The normalized spacial score (nSPS) is 9.21. The fourth-order valence-electron chi connectivity index (χ4n) is 1.19. The summed E-state index contributed by atoms with van der Waals surface area (Å²) in [6, 6.07) is 0.327. The van der Waals surface area contributed by atoms with Crippen LogP contribution in [-0.2, 0) is 0 Å². The van der Waals surface area contributed by atoms with Gasteiger partial charge in [0.25, 0.3) is 0 Å². The van der Waals surface area contributed by atoms with Gasteiger partial charge in [0.15, 0.2) is 0 Å². The van der Waals surface area contributed by atoms with E-state index >= 15 is 0 Å². The van der Waals surface area contributed by atoms with Gasteiger partial charge in [-0.15, -0.1) is 5.92 Å². The first-order valence-corrected chi connectivity index (χ1v) is 5.12. The number of amides is 2. The van der Waals surface area contributed by atoms with Crippen molar-refractivity contribution in [2.75, 3.05) is 11.9 Å². The Labute approximate surface area is 107 Å². The van der Waals surface area contributed by atoms with Crippen molar-refractivity contribution in [1.29, 1.82) is 0 Å². The van der Waals surface area contributed by atoms with Crippen LogP contribution in [-0.4, -0.2) is 23.7 Å². The number of nitrogens with one attached hydrogen (secondary N) is 2. The molecule has 3 N–H and O–H groups in total. The number of benzene rings is 1. The zero-order valence-corrected chi connectivity index (χ0v) is 9.88. The van der Waals surface area contributed by atoms with Gasteiger partial charge in [0, 0.05) is 6.07 Å². The molecule has 2 amide bonds. The van der Waals surface area contributed by atoms with E-state index in [9.17, 15) is 18.4 Å². The number of hydrogen-bond donors (Lipinski definition) is 3.